The Morgan fingerprint density at radius 1 is 1.28 bits per heavy atom. The summed E-state index contributed by atoms with van der Waals surface area (Å²) >= 11 is 0. The highest BCUT2D eigenvalue weighted by atomic mass is 16.1. The molecule has 25 heavy (non-hydrogen) atoms. The number of benzene rings is 1. The maximum absolute atomic E-state index is 12.6. The van der Waals surface area contributed by atoms with Crippen molar-refractivity contribution < 1.29 is 0 Å². The number of pyridine rings is 1. The minimum atomic E-state index is 0.0205. The molecule has 2 aromatic heterocycles. The van der Waals surface area contributed by atoms with E-state index in [2.05, 4.69) is 27.1 Å². The van der Waals surface area contributed by atoms with Crippen LogP contribution >= 0.6 is 0 Å². The van der Waals surface area contributed by atoms with E-state index in [0.29, 0.717) is 12.6 Å². The first-order valence-corrected chi connectivity index (χ1v) is 8.97. The molecule has 4 rings (SSSR count). The Morgan fingerprint density at radius 2 is 2.16 bits per heavy atom. The zero-order valence-corrected chi connectivity index (χ0v) is 14.8. The molecule has 1 atom stereocenters. The lowest BCUT2D eigenvalue weighted by molar-refractivity contribution is 0.136. The largest absolute Gasteiger partial charge is 0.321 e. The van der Waals surface area contributed by atoms with Crippen LogP contribution in [0.3, 0.4) is 0 Å². The lowest BCUT2D eigenvalue weighted by Gasteiger charge is -2.34. The Balaban J connectivity index is 1.67. The summed E-state index contributed by atoms with van der Waals surface area (Å²) in [7, 11) is 1.95. The van der Waals surface area contributed by atoms with Gasteiger partial charge >= 0.3 is 0 Å². The average molecular weight is 336 g/mol. The number of H-pyrrole nitrogens is 1. The number of aryl methyl sites for hydroxylation is 2. The molecule has 0 amide bonds. The van der Waals surface area contributed by atoms with E-state index in [4.69, 9.17) is 0 Å². The lowest BCUT2D eigenvalue weighted by Crippen LogP contribution is -2.35. The number of hydrogen-bond acceptors (Lipinski definition) is 3. The summed E-state index contributed by atoms with van der Waals surface area (Å²) in [6.07, 6.45) is 5.48. The van der Waals surface area contributed by atoms with Gasteiger partial charge in [0.15, 0.2) is 0 Å². The molecular formula is C20H24N4O. The van der Waals surface area contributed by atoms with Crippen LogP contribution in [0.2, 0.25) is 0 Å². The van der Waals surface area contributed by atoms with E-state index in [-0.39, 0.29) is 5.56 Å². The van der Waals surface area contributed by atoms with Crippen LogP contribution in [0.1, 0.15) is 42.1 Å². The van der Waals surface area contributed by atoms with E-state index in [1.165, 1.54) is 12.8 Å². The van der Waals surface area contributed by atoms with E-state index in [1.54, 1.807) is 0 Å². The molecule has 1 fully saturated rings. The summed E-state index contributed by atoms with van der Waals surface area (Å²) in [5.41, 5.74) is 4.00. The van der Waals surface area contributed by atoms with Gasteiger partial charge in [-0.25, -0.2) is 0 Å². The fourth-order valence-electron chi connectivity index (χ4n) is 3.89. The van der Waals surface area contributed by atoms with Crippen molar-refractivity contribution in [1.82, 2.24) is 19.7 Å². The summed E-state index contributed by atoms with van der Waals surface area (Å²) in [4.78, 5) is 18.1. The number of para-hydroxylation sites is 1. The number of hydrogen-bond donors (Lipinski definition) is 1. The Kier molecular flexibility index (Phi) is 4.17. The average Bonchev–Trinajstić information content (AvgIpc) is 3.03. The number of piperidine rings is 1. The number of rotatable bonds is 3. The topological polar surface area (TPSA) is 53.9 Å². The second kappa shape index (κ2) is 6.48. The Hall–Kier alpha value is -2.40. The molecule has 0 radical (unpaired) electrons. The normalized spacial score (nSPS) is 18.7. The summed E-state index contributed by atoms with van der Waals surface area (Å²) in [5.74, 6) is 0. The summed E-state index contributed by atoms with van der Waals surface area (Å²) in [5, 5.41) is 5.70. The minimum absolute atomic E-state index is 0.0205. The third-order valence-electron chi connectivity index (χ3n) is 5.23. The predicted molar refractivity (Wildman–Crippen MR) is 99.5 cm³/mol. The standard InChI is InChI=1S/C20H24N4O/c1-14-6-5-7-15-12-16(20(25)21-19(14)15)13-24-10-4-3-8-18(24)17-9-11-23(2)22-17/h5-7,9,11-12,18H,3-4,8,10,13H2,1-2H3,(H,21,25)/t18-/m1/s1. The van der Waals surface area contributed by atoms with E-state index in [1.807, 2.05) is 43.0 Å². The van der Waals surface area contributed by atoms with Gasteiger partial charge in [0.2, 0.25) is 0 Å². The summed E-state index contributed by atoms with van der Waals surface area (Å²) in [6, 6.07) is 10.6. The fraction of sp³-hybridized carbons (Fsp3) is 0.400. The fourth-order valence-corrected chi connectivity index (χ4v) is 3.89. The second-order valence-corrected chi connectivity index (χ2v) is 7.06. The highest BCUT2D eigenvalue weighted by Gasteiger charge is 2.26. The molecule has 3 aromatic rings. The van der Waals surface area contributed by atoms with Gasteiger partial charge in [0, 0.05) is 25.4 Å². The van der Waals surface area contributed by atoms with Gasteiger partial charge in [-0.15, -0.1) is 0 Å². The summed E-state index contributed by atoms with van der Waals surface area (Å²) < 4.78 is 1.85. The smallest absolute Gasteiger partial charge is 0.252 e. The third-order valence-corrected chi connectivity index (χ3v) is 5.23. The van der Waals surface area contributed by atoms with E-state index in [9.17, 15) is 4.79 Å². The number of likely N-dealkylation sites (tertiary alicyclic amines) is 1. The molecular weight excluding hydrogens is 312 g/mol. The van der Waals surface area contributed by atoms with Gasteiger partial charge in [-0.2, -0.15) is 5.10 Å². The van der Waals surface area contributed by atoms with Crippen LogP contribution in [0.15, 0.2) is 41.3 Å². The van der Waals surface area contributed by atoms with Crippen LogP contribution in [0.4, 0.5) is 0 Å². The molecule has 3 heterocycles. The quantitative estimate of drug-likeness (QED) is 0.798. The van der Waals surface area contributed by atoms with Gasteiger partial charge in [0.05, 0.1) is 17.3 Å². The first kappa shape index (κ1) is 16.1. The number of fused-ring (bicyclic) bond motifs is 1. The van der Waals surface area contributed by atoms with Crippen molar-refractivity contribution in [3.8, 4) is 0 Å². The monoisotopic (exact) mass is 336 g/mol. The SMILES string of the molecule is Cc1cccc2cc(CN3CCCC[C@@H]3c3ccn(C)n3)c(=O)[nH]c12. The molecule has 0 spiro atoms. The molecule has 130 valence electrons. The Labute approximate surface area is 147 Å². The number of aromatic amines is 1. The number of aromatic nitrogens is 3. The van der Waals surface area contributed by atoms with Crippen molar-refractivity contribution in [2.24, 2.45) is 7.05 Å². The predicted octanol–water partition coefficient (Wildman–Crippen LogP) is 3.30. The number of nitrogens with one attached hydrogen (secondary N) is 1. The third kappa shape index (κ3) is 3.12. The molecule has 0 unspecified atom stereocenters. The first-order valence-electron chi connectivity index (χ1n) is 8.97. The van der Waals surface area contributed by atoms with Crippen molar-refractivity contribution in [3.05, 3.63) is 63.7 Å². The van der Waals surface area contributed by atoms with Gasteiger partial charge in [-0.1, -0.05) is 24.6 Å². The summed E-state index contributed by atoms with van der Waals surface area (Å²) in [6.45, 7) is 3.70. The van der Waals surface area contributed by atoms with Crippen LogP contribution in [0, 0.1) is 6.92 Å². The zero-order valence-electron chi connectivity index (χ0n) is 14.8. The molecule has 0 bridgehead atoms. The lowest BCUT2D eigenvalue weighted by atomic mass is 9.98. The van der Waals surface area contributed by atoms with E-state index >= 15 is 0 Å². The molecule has 1 aliphatic heterocycles. The molecule has 0 saturated carbocycles. The molecule has 1 N–H and O–H groups in total. The van der Waals surface area contributed by atoms with Crippen LogP contribution in [-0.4, -0.2) is 26.2 Å². The van der Waals surface area contributed by atoms with Crippen molar-refractivity contribution in [1.29, 1.82) is 0 Å². The van der Waals surface area contributed by atoms with Crippen molar-refractivity contribution in [2.45, 2.75) is 38.8 Å². The van der Waals surface area contributed by atoms with Gasteiger partial charge in [-0.05, 0) is 49.4 Å². The Bertz CT molecular complexity index is 956. The van der Waals surface area contributed by atoms with Crippen molar-refractivity contribution in [2.75, 3.05) is 6.54 Å². The molecule has 1 saturated heterocycles. The maximum atomic E-state index is 12.6. The molecule has 1 aliphatic rings. The number of nitrogens with zero attached hydrogens (tertiary/aromatic N) is 3. The first-order chi connectivity index (χ1) is 12.1. The zero-order chi connectivity index (χ0) is 17.4. The molecule has 5 heteroatoms. The van der Waals surface area contributed by atoms with Crippen LogP contribution in [0.5, 0.6) is 0 Å². The van der Waals surface area contributed by atoms with Crippen LogP contribution in [0.25, 0.3) is 10.9 Å². The van der Waals surface area contributed by atoms with Gasteiger partial charge in [0.25, 0.3) is 5.56 Å². The maximum Gasteiger partial charge on any atom is 0.252 e. The van der Waals surface area contributed by atoms with Gasteiger partial charge < -0.3 is 4.98 Å². The highest BCUT2D eigenvalue weighted by Crippen LogP contribution is 2.31. The van der Waals surface area contributed by atoms with E-state index in [0.717, 1.165) is 40.7 Å². The van der Waals surface area contributed by atoms with Gasteiger partial charge in [-0.3, -0.25) is 14.4 Å². The molecule has 1 aromatic carbocycles. The van der Waals surface area contributed by atoms with Crippen molar-refractivity contribution >= 4 is 10.9 Å². The Morgan fingerprint density at radius 3 is 2.96 bits per heavy atom. The van der Waals surface area contributed by atoms with Crippen molar-refractivity contribution in [3.63, 3.8) is 0 Å². The van der Waals surface area contributed by atoms with E-state index < -0.39 is 0 Å². The highest BCUT2D eigenvalue weighted by molar-refractivity contribution is 5.81. The van der Waals surface area contributed by atoms with Crippen LogP contribution < -0.4 is 5.56 Å². The molecule has 0 aliphatic carbocycles. The van der Waals surface area contributed by atoms with Crippen LogP contribution in [-0.2, 0) is 13.6 Å². The van der Waals surface area contributed by atoms with Gasteiger partial charge in [0.1, 0.15) is 0 Å². The molecule has 5 nitrogen and oxygen atoms in total. The second-order valence-electron chi connectivity index (χ2n) is 7.06. The minimum Gasteiger partial charge on any atom is -0.321 e.